The Kier molecular flexibility index (Phi) is 4.24. The Balaban J connectivity index is 1.77. The van der Waals surface area contributed by atoms with Gasteiger partial charge in [-0.1, -0.05) is 12.1 Å². The molecule has 7 heteroatoms. The molecule has 0 aliphatic carbocycles. The molecule has 1 aliphatic heterocycles. The number of ketones is 1. The van der Waals surface area contributed by atoms with Gasteiger partial charge in [-0.05, 0) is 18.2 Å². The van der Waals surface area contributed by atoms with Crippen LogP contribution in [0.25, 0.3) is 5.76 Å². The van der Waals surface area contributed by atoms with Gasteiger partial charge in [0.2, 0.25) is 6.79 Å². The first-order chi connectivity index (χ1) is 11.6. The zero-order valence-corrected chi connectivity index (χ0v) is 12.8. The third kappa shape index (κ3) is 3.10. The number of rotatable bonds is 5. The average molecular weight is 330 g/mol. The molecule has 24 heavy (non-hydrogen) atoms. The number of carbonyl (C=O) groups is 2. The maximum atomic E-state index is 11.4. The van der Waals surface area contributed by atoms with Crippen LogP contribution < -0.4 is 9.47 Å². The minimum atomic E-state index is -1.06. The minimum Gasteiger partial charge on any atom is -0.504 e. The topological polar surface area (TPSA) is 95.2 Å². The summed E-state index contributed by atoms with van der Waals surface area (Å²) in [6.45, 7) is 0.176. The summed E-state index contributed by atoms with van der Waals surface area (Å²) in [5.74, 6) is -0.521. The molecule has 7 nitrogen and oxygen atoms in total. The molecule has 0 saturated heterocycles. The largest absolute Gasteiger partial charge is 0.504 e. The van der Waals surface area contributed by atoms with Crippen molar-refractivity contribution in [2.24, 2.45) is 0 Å². The van der Waals surface area contributed by atoms with Crippen LogP contribution in [-0.2, 0) is 20.7 Å². The van der Waals surface area contributed by atoms with Crippen molar-refractivity contribution in [2.45, 2.75) is 6.42 Å². The van der Waals surface area contributed by atoms with Crippen LogP contribution in [0.4, 0.5) is 0 Å². The fourth-order valence-corrected chi connectivity index (χ4v) is 2.28. The van der Waals surface area contributed by atoms with Crippen LogP contribution in [0.5, 0.6) is 11.5 Å². The number of carbonyl (C=O) groups excluding carboxylic acids is 2. The number of hydrogen-bond acceptors (Lipinski definition) is 7. The lowest BCUT2D eigenvalue weighted by molar-refractivity contribution is -0.149. The van der Waals surface area contributed by atoms with Crippen molar-refractivity contribution < 1.29 is 33.3 Å². The van der Waals surface area contributed by atoms with E-state index in [1.807, 2.05) is 18.2 Å². The molecular formula is C17H14O7. The molecule has 1 N–H and O–H groups in total. The molecule has 0 bridgehead atoms. The van der Waals surface area contributed by atoms with Crippen LogP contribution in [-0.4, -0.2) is 30.8 Å². The average Bonchev–Trinajstić information content (AvgIpc) is 3.23. The van der Waals surface area contributed by atoms with E-state index in [2.05, 4.69) is 4.74 Å². The van der Waals surface area contributed by atoms with E-state index < -0.39 is 17.5 Å². The van der Waals surface area contributed by atoms with Crippen molar-refractivity contribution in [1.82, 2.24) is 0 Å². The highest BCUT2D eigenvalue weighted by molar-refractivity contribution is 6.39. The van der Waals surface area contributed by atoms with Gasteiger partial charge in [-0.15, -0.1) is 0 Å². The van der Waals surface area contributed by atoms with Crippen LogP contribution >= 0.6 is 0 Å². The number of methoxy groups -OCH3 is 1. The van der Waals surface area contributed by atoms with E-state index in [1.165, 1.54) is 6.07 Å². The first-order valence-electron chi connectivity index (χ1n) is 7.08. The summed E-state index contributed by atoms with van der Waals surface area (Å²) in [7, 11) is 1.08. The van der Waals surface area contributed by atoms with Crippen molar-refractivity contribution in [2.75, 3.05) is 13.9 Å². The summed E-state index contributed by atoms with van der Waals surface area (Å²) in [5, 5.41) is 9.86. The fraction of sp³-hybridized carbons (Fsp3) is 0.176. The Labute approximate surface area is 137 Å². The number of aliphatic hydroxyl groups is 1. The number of para-hydroxylation sites is 1. The van der Waals surface area contributed by atoms with Gasteiger partial charge in [-0.25, -0.2) is 4.79 Å². The summed E-state index contributed by atoms with van der Waals surface area (Å²) >= 11 is 0. The highest BCUT2D eigenvalue weighted by Crippen LogP contribution is 2.36. The van der Waals surface area contributed by atoms with Crippen LogP contribution in [0.1, 0.15) is 17.1 Å². The maximum absolute atomic E-state index is 11.4. The lowest BCUT2D eigenvalue weighted by Gasteiger charge is -2.03. The van der Waals surface area contributed by atoms with E-state index in [9.17, 15) is 14.7 Å². The van der Waals surface area contributed by atoms with Gasteiger partial charge in [0.05, 0.1) is 7.11 Å². The van der Waals surface area contributed by atoms with Gasteiger partial charge in [-0.3, -0.25) is 4.79 Å². The highest BCUT2D eigenvalue weighted by atomic mass is 16.7. The number of furan rings is 1. The fourth-order valence-electron chi connectivity index (χ4n) is 2.28. The molecule has 1 aliphatic rings. The van der Waals surface area contributed by atoms with Crippen molar-refractivity contribution in [3.63, 3.8) is 0 Å². The number of hydrogen-bond donors (Lipinski definition) is 1. The highest BCUT2D eigenvalue weighted by Gasteiger charge is 2.19. The smallest absolute Gasteiger partial charge is 0.378 e. The maximum Gasteiger partial charge on any atom is 0.378 e. The van der Waals surface area contributed by atoms with E-state index in [-0.39, 0.29) is 12.6 Å². The lowest BCUT2D eigenvalue weighted by atomic mass is 10.1. The zero-order valence-electron chi connectivity index (χ0n) is 12.8. The second-order valence-electron chi connectivity index (χ2n) is 4.98. The molecule has 0 saturated carbocycles. The normalized spacial score (nSPS) is 13.0. The molecule has 2 heterocycles. The third-order valence-corrected chi connectivity index (χ3v) is 3.41. The monoisotopic (exact) mass is 330 g/mol. The SMILES string of the molecule is COC(=O)C(=O)C=C(O)c1ccc(Cc2cccc3c2OCO3)o1. The summed E-state index contributed by atoms with van der Waals surface area (Å²) in [6.07, 6.45) is 1.18. The van der Waals surface area contributed by atoms with E-state index in [1.54, 1.807) is 6.07 Å². The standard InChI is InChI=1S/C17H14O7/c1-21-17(20)13(19)8-12(18)14-6-5-11(24-14)7-10-3-2-4-15-16(10)23-9-22-15/h2-6,8,18H,7,9H2,1H3. The van der Waals surface area contributed by atoms with Crippen LogP contribution in [0.2, 0.25) is 0 Å². The van der Waals surface area contributed by atoms with Crippen molar-refractivity contribution in [1.29, 1.82) is 0 Å². The van der Waals surface area contributed by atoms with E-state index >= 15 is 0 Å². The summed E-state index contributed by atoms with van der Waals surface area (Å²) < 4.78 is 20.5. The summed E-state index contributed by atoms with van der Waals surface area (Å²) in [5.41, 5.74) is 0.875. The molecule has 0 fully saturated rings. The molecule has 0 atom stereocenters. The molecule has 2 aromatic rings. The van der Waals surface area contributed by atoms with Gasteiger partial charge in [0.1, 0.15) is 5.76 Å². The Morgan fingerprint density at radius 1 is 1.25 bits per heavy atom. The molecule has 3 rings (SSSR count). The van der Waals surface area contributed by atoms with Gasteiger partial charge in [-0.2, -0.15) is 0 Å². The van der Waals surface area contributed by atoms with Gasteiger partial charge in [0.25, 0.3) is 5.78 Å². The van der Waals surface area contributed by atoms with E-state index in [4.69, 9.17) is 13.9 Å². The molecule has 1 aromatic carbocycles. The van der Waals surface area contributed by atoms with E-state index in [0.717, 1.165) is 18.7 Å². The van der Waals surface area contributed by atoms with Gasteiger partial charge >= 0.3 is 5.97 Å². The quantitative estimate of drug-likeness (QED) is 0.389. The first-order valence-corrected chi connectivity index (χ1v) is 7.08. The van der Waals surface area contributed by atoms with Gasteiger partial charge in [0, 0.05) is 18.1 Å². The molecule has 0 unspecified atom stereocenters. The third-order valence-electron chi connectivity index (χ3n) is 3.41. The number of benzene rings is 1. The van der Waals surface area contributed by atoms with Crippen LogP contribution in [0, 0.1) is 0 Å². The Morgan fingerprint density at radius 3 is 2.88 bits per heavy atom. The number of ether oxygens (including phenoxy) is 3. The number of aliphatic hydroxyl groups excluding tert-OH is 1. The molecule has 0 radical (unpaired) electrons. The van der Waals surface area contributed by atoms with Crippen molar-refractivity contribution in [3.8, 4) is 11.5 Å². The molecule has 124 valence electrons. The second-order valence-corrected chi connectivity index (χ2v) is 4.98. The van der Waals surface area contributed by atoms with E-state index in [0.29, 0.717) is 23.7 Å². The summed E-state index contributed by atoms with van der Waals surface area (Å²) in [4.78, 5) is 22.5. The van der Waals surface area contributed by atoms with Gasteiger partial charge < -0.3 is 23.7 Å². The Bertz CT molecular complexity index is 816. The second kappa shape index (κ2) is 6.49. The number of fused-ring (bicyclic) bond motifs is 1. The van der Waals surface area contributed by atoms with Crippen LogP contribution in [0.15, 0.2) is 40.8 Å². The van der Waals surface area contributed by atoms with Crippen molar-refractivity contribution in [3.05, 3.63) is 53.5 Å². The molecule has 1 aromatic heterocycles. The molecule has 0 spiro atoms. The Morgan fingerprint density at radius 2 is 2.08 bits per heavy atom. The van der Waals surface area contributed by atoms with Gasteiger partial charge in [0.15, 0.2) is 23.0 Å². The Hall–Kier alpha value is -3.22. The zero-order chi connectivity index (χ0) is 17.1. The minimum absolute atomic E-state index is 0.0759. The predicted octanol–water partition coefficient (Wildman–Crippen LogP) is 2.24. The van der Waals surface area contributed by atoms with Crippen LogP contribution in [0.3, 0.4) is 0 Å². The lowest BCUT2D eigenvalue weighted by Crippen LogP contribution is -2.12. The first kappa shape index (κ1) is 15.7. The molecule has 0 amide bonds. The predicted molar refractivity (Wildman–Crippen MR) is 81.7 cm³/mol. The number of esters is 1. The molecular weight excluding hydrogens is 316 g/mol. The van der Waals surface area contributed by atoms with Crippen molar-refractivity contribution >= 4 is 17.5 Å². The summed E-state index contributed by atoms with van der Waals surface area (Å²) in [6, 6.07) is 8.71.